The van der Waals surface area contributed by atoms with Gasteiger partial charge in [0.15, 0.2) is 0 Å². The number of likely N-dealkylation sites (N-methyl/N-ethyl adjacent to an activating group) is 1. The van der Waals surface area contributed by atoms with Crippen molar-refractivity contribution in [1.82, 2.24) is 4.90 Å². The Morgan fingerprint density at radius 2 is 1.83 bits per heavy atom. The zero-order valence-corrected chi connectivity index (χ0v) is 15.8. The summed E-state index contributed by atoms with van der Waals surface area (Å²) in [5.74, 6) is 0.161. The van der Waals surface area contributed by atoms with E-state index in [0.29, 0.717) is 27.9 Å². The molecule has 0 fully saturated rings. The van der Waals surface area contributed by atoms with E-state index in [2.05, 4.69) is 4.97 Å². The maximum absolute atomic E-state index is 12.8. The van der Waals surface area contributed by atoms with Gasteiger partial charge in [-0.15, -0.1) is 0 Å². The van der Waals surface area contributed by atoms with Crippen molar-refractivity contribution in [3.05, 3.63) is 17.2 Å². The van der Waals surface area contributed by atoms with Crippen molar-refractivity contribution in [2.45, 2.75) is 17.7 Å². The fraction of sp³-hybridized carbons (Fsp3) is 0.438. The van der Waals surface area contributed by atoms with Crippen molar-refractivity contribution in [1.29, 1.82) is 5.26 Å². The molecule has 1 atom stereocenters. The van der Waals surface area contributed by atoms with Gasteiger partial charge in [0.25, 0.3) is 0 Å². The van der Waals surface area contributed by atoms with E-state index >= 15 is 0 Å². The Kier molecular flexibility index (Phi) is 5.07. The summed E-state index contributed by atoms with van der Waals surface area (Å²) in [6, 6.07) is 1.56. The maximum atomic E-state index is 12.8. The normalized spacial score (nSPS) is 19.6. The van der Waals surface area contributed by atoms with Gasteiger partial charge in [-0.25, -0.2) is 0 Å². The van der Waals surface area contributed by atoms with E-state index in [9.17, 15) is 9.59 Å². The van der Waals surface area contributed by atoms with E-state index in [-0.39, 0.29) is 11.7 Å². The average molecular weight is 397 g/mol. The van der Waals surface area contributed by atoms with Gasteiger partial charge >= 0.3 is 146 Å². The third-order valence-electron chi connectivity index (χ3n) is 4.12. The first kappa shape index (κ1) is 18.1. The topological polar surface area (TPSA) is 88.9 Å². The first-order valence-electron chi connectivity index (χ1n) is 7.04. The Morgan fingerprint density at radius 1 is 1.21 bits per heavy atom. The molecule has 2 amide bonds. The Bertz CT molecular complexity index is 743. The molecular formula is C16H18N2O5Se. The van der Waals surface area contributed by atoms with E-state index in [1.54, 1.807) is 13.0 Å². The predicted octanol–water partition coefficient (Wildman–Crippen LogP) is 1.19. The van der Waals surface area contributed by atoms with Crippen molar-refractivity contribution in [3.8, 4) is 22.2 Å². The summed E-state index contributed by atoms with van der Waals surface area (Å²) in [5, 5.41) is 9.31. The summed E-state index contributed by atoms with van der Waals surface area (Å²) < 4.78 is 16.1. The molecule has 0 aliphatic carbocycles. The van der Waals surface area contributed by atoms with Crippen LogP contribution >= 0.6 is 0 Å². The number of fused-ring (bicyclic) bond motifs is 1. The second-order valence-corrected chi connectivity index (χ2v) is 7.04. The third kappa shape index (κ3) is 2.50. The molecule has 0 saturated carbocycles. The van der Waals surface area contributed by atoms with Crippen LogP contribution in [-0.2, 0) is 10.2 Å². The van der Waals surface area contributed by atoms with Gasteiger partial charge < -0.3 is 0 Å². The van der Waals surface area contributed by atoms with Gasteiger partial charge in [-0.1, -0.05) is 0 Å². The van der Waals surface area contributed by atoms with Crippen molar-refractivity contribution in [2.24, 2.45) is 0 Å². The molecule has 0 aromatic heterocycles. The van der Waals surface area contributed by atoms with Crippen LogP contribution in [0.3, 0.4) is 0 Å². The number of carbonyl (C=O) groups excluding carboxylic acids is 2. The zero-order chi connectivity index (χ0) is 18.1. The number of nitrogens with zero attached hydrogens (tertiary/aromatic N) is 2. The number of rotatable bonds is 5. The van der Waals surface area contributed by atoms with Crippen LogP contribution in [0, 0.1) is 10.2 Å². The summed E-state index contributed by atoms with van der Waals surface area (Å²) in [4.78, 5) is 28.6. The van der Waals surface area contributed by atoms with Gasteiger partial charge in [-0.2, -0.15) is 0 Å². The number of amides is 2. The minimum atomic E-state index is -1.04. The van der Waals surface area contributed by atoms with Crippen molar-refractivity contribution < 1.29 is 23.8 Å². The van der Waals surface area contributed by atoms with Gasteiger partial charge in [0, 0.05) is 0 Å². The van der Waals surface area contributed by atoms with Crippen LogP contribution < -0.4 is 14.2 Å². The first-order chi connectivity index (χ1) is 11.4. The Morgan fingerprint density at radius 3 is 2.33 bits per heavy atom. The molecule has 24 heavy (non-hydrogen) atoms. The first-order valence-corrected chi connectivity index (χ1v) is 9.10. The molecule has 0 saturated heterocycles. The number of hydrogen-bond acceptors (Lipinski definition) is 6. The Balaban J connectivity index is 2.88. The van der Waals surface area contributed by atoms with Gasteiger partial charge in [0.2, 0.25) is 0 Å². The Hall–Kier alpha value is -2.23. The molecule has 7 nitrogen and oxygen atoms in total. The third-order valence-corrected chi connectivity index (χ3v) is 5.90. The molecule has 1 aliphatic heterocycles. The number of hydrogen-bond donors (Lipinski definition) is 0. The number of ether oxygens (including phenoxy) is 3. The van der Waals surface area contributed by atoms with Crippen LogP contribution in [-0.4, -0.2) is 60.0 Å². The molecule has 0 bridgehead atoms. The fourth-order valence-corrected chi connectivity index (χ4v) is 4.24. The number of imide groups is 1. The minimum absolute atomic E-state index is 0.290. The molecule has 1 aliphatic rings. The molecule has 0 spiro atoms. The number of benzene rings is 1. The van der Waals surface area contributed by atoms with Crippen LogP contribution in [0.25, 0.3) is 0 Å². The van der Waals surface area contributed by atoms with Gasteiger partial charge in [0.05, 0.1) is 0 Å². The fourth-order valence-electron chi connectivity index (χ4n) is 2.93. The molecule has 1 aromatic carbocycles. The molecular weight excluding hydrogens is 379 g/mol. The summed E-state index contributed by atoms with van der Waals surface area (Å²) >= 11 is -0.416. The molecule has 128 valence electrons. The van der Waals surface area contributed by atoms with Crippen molar-refractivity contribution in [2.75, 3.05) is 28.4 Å². The molecule has 0 radical (unpaired) electrons. The van der Waals surface area contributed by atoms with E-state index in [0.717, 1.165) is 4.90 Å². The summed E-state index contributed by atoms with van der Waals surface area (Å²) in [7, 11) is 5.81. The van der Waals surface area contributed by atoms with E-state index in [1.165, 1.54) is 28.4 Å². The number of methoxy groups -OCH3 is 3. The van der Waals surface area contributed by atoms with Crippen LogP contribution in [0.15, 0.2) is 6.07 Å². The molecule has 1 unspecified atom stereocenters. The predicted molar refractivity (Wildman–Crippen MR) is 86.7 cm³/mol. The monoisotopic (exact) mass is 398 g/mol. The van der Waals surface area contributed by atoms with Gasteiger partial charge in [-0.3, -0.25) is 0 Å². The van der Waals surface area contributed by atoms with E-state index in [1.807, 2.05) is 0 Å². The molecule has 2 rings (SSSR count). The standard InChI is InChI=1S/C16H18N2O5Se/c1-16(7-24-8-17)11-9(14(19)18(2)15(16)20)6-10(21-3)12(22-4)13(11)23-5/h6H,7H2,1-5H3. The molecule has 1 aromatic rings. The van der Waals surface area contributed by atoms with E-state index in [4.69, 9.17) is 19.5 Å². The van der Waals surface area contributed by atoms with Crippen LogP contribution in [0.4, 0.5) is 0 Å². The Labute approximate surface area is 146 Å². The van der Waals surface area contributed by atoms with Crippen LogP contribution in [0.5, 0.6) is 17.2 Å². The average Bonchev–Trinajstić information content (AvgIpc) is 2.61. The second kappa shape index (κ2) is 6.71. The second-order valence-electron chi connectivity index (χ2n) is 5.45. The molecule has 8 heteroatoms. The molecule has 1 heterocycles. The van der Waals surface area contributed by atoms with Crippen molar-refractivity contribution >= 4 is 26.8 Å². The summed E-state index contributed by atoms with van der Waals surface area (Å²) in [6.45, 7) is 1.73. The van der Waals surface area contributed by atoms with Crippen LogP contribution in [0.2, 0.25) is 5.32 Å². The number of carbonyl (C=O) groups is 2. The SMILES string of the molecule is COc1cc2c(c(OC)c1OC)C(C)(C[Se]C#N)C(=O)N(C)C2=O. The summed E-state index contributed by atoms with van der Waals surface area (Å²) in [6.07, 6.45) is 0. The van der Waals surface area contributed by atoms with Gasteiger partial charge in [0.1, 0.15) is 0 Å². The van der Waals surface area contributed by atoms with E-state index < -0.39 is 26.3 Å². The number of nitriles is 1. The zero-order valence-electron chi connectivity index (χ0n) is 14.1. The van der Waals surface area contributed by atoms with Gasteiger partial charge in [-0.05, 0) is 0 Å². The van der Waals surface area contributed by atoms with Crippen molar-refractivity contribution in [3.63, 3.8) is 0 Å². The summed E-state index contributed by atoms with van der Waals surface area (Å²) in [5.41, 5.74) is -0.269. The molecule has 0 N–H and O–H groups in total. The quantitative estimate of drug-likeness (QED) is 0.548. The van der Waals surface area contributed by atoms with Crippen LogP contribution in [0.1, 0.15) is 22.8 Å².